The van der Waals surface area contributed by atoms with Crippen LogP contribution < -0.4 is 10.9 Å². The number of nitrogens with one attached hydrogen (secondary N) is 1. The highest BCUT2D eigenvalue weighted by Crippen LogP contribution is 2.00. The van der Waals surface area contributed by atoms with Gasteiger partial charge in [0.15, 0.2) is 5.69 Å². The summed E-state index contributed by atoms with van der Waals surface area (Å²) in [4.78, 5) is 23.1. The summed E-state index contributed by atoms with van der Waals surface area (Å²) in [6, 6.07) is 4.65. The summed E-state index contributed by atoms with van der Waals surface area (Å²) in [5.74, 6) is 0.235. The average molecular weight is 262 g/mol. The first-order valence-electron chi connectivity index (χ1n) is 5.82. The van der Waals surface area contributed by atoms with Crippen LogP contribution in [0.2, 0.25) is 0 Å². The van der Waals surface area contributed by atoms with Crippen molar-refractivity contribution in [3.8, 4) is 0 Å². The molecule has 0 aliphatic rings. The topological polar surface area (TPSA) is 90.0 Å². The molecule has 0 spiro atoms. The quantitative estimate of drug-likeness (QED) is 0.854. The number of aromatic nitrogens is 3. The summed E-state index contributed by atoms with van der Waals surface area (Å²) in [7, 11) is 0. The third-order valence-electron chi connectivity index (χ3n) is 2.47. The van der Waals surface area contributed by atoms with E-state index in [1.807, 2.05) is 0 Å². The van der Waals surface area contributed by atoms with Gasteiger partial charge < -0.3 is 9.84 Å². The molecule has 1 amide bonds. The molecule has 2 aromatic rings. The number of hydrogen-bond donors (Lipinski definition) is 1. The van der Waals surface area contributed by atoms with Crippen LogP contribution in [0.25, 0.3) is 0 Å². The van der Waals surface area contributed by atoms with Crippen molar-refractivity contribution >= 4 is 5.91 Å². The highest BCUT2D eigenvalue weighted by molar-refractivity contribution is 5.92. The van der Waals surface area contributed by atoms with Gasteiger partial charge in [0.2, 0.25) is 0 Å². The Morgan fingerprint density at radius 2 is 2.21 bits per heavy atom. The van der Waals surface area contributed by atoms with E-state index >= 15 is 0 Å². The number of carbonyl (C=O) groups excluding carboxylic acids is 1. The molecule has 0 saturated carbocycles. The van der Waals surface area contributed by atoms with Crippen LogP contribution in [0.15, 0.2) is 27.5 Å². The minimum Gasteiger partial charge on any atom is -0.361 e. The molecule has 7 nitrogen and oxygen atoms in total. The Bertz CT molecular complexity index is 644. The van der Waals surface area contributed by atoms with Gasteiger partial charge in [0.25, 0.3) is 11.5 Å². The lowest BCUT2D eigenvalue weighted by Gasteiger charge is -2.05. The zero-order chi connectivity index (χ0) is 13.8. The van der Waals surface area contributed by atoms with Crippen LogP contribution in [0, 0.1) is 13.8 Å². The number of hydrogen-bond acceptors (Lipinski definition) is 5. The molecule has 0 aliphatic carbocycles. The molecule has 0 unspecified atom stereocenters. The van der Waals surface area contributed by atoms with Gasteiger partial charge in [0.05, 0.1) is 12.2 Å². The van der Waals surface area contributed by atoms with E-state index < -0.39 is 0 Å². The Morgan fingerprint density at radius 1 is 1.42 bits per heavy atom. The summed E-state index contributed by atoms with van der Waals surface area (Å²) in [6.45, 7) is 4.11. The summed E-state index contributed by atoms with van der Waals surface area (Å²) >= 11 is 0. The van der Waals surface area contributed by atoms with Gasteiger partial charge in [-0.2, -0.15) is 5.10 Å². The predicted octanol–water partition coefficient (Wildman–Crippen LogP) is 0.278. The molecule has 0 saturated heterocycles. The second kappa shape index (κ2) is 5.47. The van der Waals surface area contributed by atoms with Gasteiger partial charge in [-0.05, 0) is 19.9 Å². The van der Waals surface area contributed by atoms with Crippen molar-refractivity contribution in [2.45, 2.75) is 20.4 Å². The van der Waals surface area contributed by atoms with E-state index in [1.54, 1.807) is 26.0 Å². The highest BCUT2D eigenvalue weighted by Gasteiger charge is 2.10. The smallest absolute Gasteiger partial charge is 0.273 e. The minimum absolute atomic E-state index is 0.197. The molecule has 100 valence electrons. The number of amides is 1. The van der Waals surface area contributed by atoms with Gasteiger partial charge in [-0.15, -0.1) is 0 Å². The molecule has 0 radical (unpaired) electrons. The number of carbonyl (C=O) groups is 1. The third kappa shape index (κ3) is 3.27. The van der Waals surface area contributed by atoms with E-state index in [0.29, 0.717) is 18.8 Å². The van der Waals surface area contributed by atoms with Gasteiger partial charge >= 0.3 is 0 Å². The van der Waals surface area contributed by atoms with Crippen molar-refractivity contribution < 1.29 is 9.32 Å². The third-order valence-corrected chi connectivity index (χ3v) is 2.47. The fourth-order valence-electron chi connectivity index (χ4n) is 1.55. The van der Waals surface area contributed by atoms with Crippen LogP contribution >= 0.6 is 0 Å². The molecule has 19 heavy (non-hydrogen) atoms. The standard InChI is InChI=1S/C12H14N4O3/c1-8-3-4-11(17)16(14-8)6-5-13-12(18)10-7-9(2)19-15-10/h3-4,7H,5-6H2,1-2H3,(H,13,18). The largest absolute Gasteiger partial charge is 0.361 e. The molecule has 0 aromatic carbocycles. The zero-order valence-corrected chi connectivity index (χ0v) is 10.7. The van der Waals surface area contributed by atoms with Gasteiger partial charge in [0, 0.05) is 18.7 Å². The second-order valence-electron chi connectivity index (χ2n) is 4.11. The lowest BCUT2D eigenvalue weighted by Crippen LogP contribution is -2.32. The van der Waals surface area contributed by atoms with Gasteiger partial charge in [-0.3, -0.25) is 9.59 Å². The van der Waals surface area contributed by atoms with E-state index in [0.717, 1.165) is 5.69 Å². The van der Waals surface area contributed by atoms with Crippen LogP contribution in [0.5, 0.6) is 0 Å². The maximum absolute atomic E-state index is 11.7. The first kappa shape index (κ1) is 13.0. The molecule has 0 fully saturated rings. The summed E-state index contributed by atoms with van der Waals surface area (Å²) in [5.41, 5.74) is 0.775. The van der Waals surface area contributed by atoms with Gasteiger partial charge in [-0.25, -0.2) is 4.68 Å². The summed E-state index contributed by atoms with van der Waals surface area (Å²) < 4.78 is 6.12. The Morgan fingerprint density at radius 3 is 2.89 bits per heavy atom. The van der Waals surface area contributed by atoms with Crippen molar-refractivity contribution in [2.75, 3.05) is 6.54 Å². The fourth-order valence-corrected chi connectivity index (χ4v) is 1.55. The molecule has 2 aromatic heterocycles. The van der Waals surface area contributed by atoms with Crippen molar-refractivity contribution in [1.29, 1.82) is 0 Å². The summed E-state index contributed by atoms with van der Waals surface area (Å²) in [6.07, 6.45) is 0. The molecule has 0 atom stereocenters. The molecule has 0 bridgehead atoms. The molecule has 7 heteroatoms. The average Bonchev–Trinajstić information content (AvgIpc) is 2.80. The zero-order valence-electron chi connectivity index (χ0n) is 10.7. The number of rotatable bonds is 4. The first-order valence-corrected chi connectivity index (χ1v) is 5.82. The predicted molar refractivity (Wildman–Crippen MR) is 66.8 cm³/mol. The lowest BCUT2D eigenvalue weighted by atomic mass is 10.3. The van der Waals surface area contributed by atoms with E-state index in [2.05, 4.69) is 15.6 Å². The van der Waals surface area contributed by atoms with Gasteiger partial charge in [0.1, 0.15) is 5.76 Å². The number of nitrogens with zero attached hydrogens (tertiary/aromatic N) is 3. The maximum Gasteiger partial charge on any atom is 0.273 e. The highest BCUT2D eigenvalue weighted by atomic mass is 16.5. The molecule has 2 heterocycles. The van der Waals surface area contributed by atoms with Crippen LogP contribution in [-0.2, 0) is 6.54 Å². The first-order chi connectivity index (χ1) is 9.06. The van der Waals surface area contributed by atoms with E-state index in [1.165, 1.54) is 10.7 Å². The second-order valence-corrected chi connectivity index (χ2v) is 4.11. The minimum atomic E-state index is -0.336. The Balaban J connectivity index is 1.91. The molecular formula is C12H14N4O3. The fraction of sp³-hybridized carbons (Fsp3) is 0.333. The number of aryl methyl sites for hydroxylation is 2. The Kier molecular flexibility index (Phi) is 3.74. The Labute approximate surface area is 109 Å². The van der Waals surface area contributed by atoms with E-state index in [9.17, 15) is 9.59 Å². The van der Waals surface area contributed by atoms with Crippen LogP contribution in [0.3, 0.4) is 0 Å². The van der Waals surface area contributed by atoms with Crippen LogP contribution in [0.1, 0.15) is 21.9 Å². The lowest BCUT2D eigenvalue weighted by molar-refractivity contribution is 0.0942. The summed E-state index contributed by atoms with van der Waals surface area (Å²) in [5, 5.41) is 10.3. The monoisotopic (exact) mass is 262 g/mol. The molecular weight excluding hydrogens is 248 g/mol. The van der Waals surface area contributed by atoms with Gasteiger partial charge in [-0.1, -0.05) is 5.16 Å². The van der Waals surface area contributed by atoms with Crippen molar-refractivity contribution in [3.63, 3.8) is 0 Å². The molecule has 0 aliphatic heterocycles. The van der Waals surface area contributed by atoms with Crippen LogP contribution in [0.4, 0.5) is 0 Å². The van der Waals surface area contributed by atoms with E-state index in [4.69, 9.17) is 4.52 Å². The maximum atomic E-state index is 11.7. The SMILES string of the molecule is Cc1ccc(=O)n(CCNC(=O)c2cc(C)on2)n1. The van der Waals surface area contributed by atoms with Crippen molar-refractivity contribution in [1.82, 2.24) is 20.3 Å². The van der Waals surface area contributed by atoms with Crippen molar-refractivity contribution in [3.05, 3.63) is 45.7 Å². The van der Waals surface area contributed by atoms with Crippen LogP contribution in [-0.4, -0.2) is 27.4 Å². The molecule has 2 rings (SSSR count). The van der Waals surface area contributed by atoms with Crippen molar-refractivity contribution in [2.24, 2.45) is 0 Å². The molecule has 1 N–H and O–H groups in total. The van der Waals surface area contributed by atoms with E-state index in [-0.39, 0.29) is 17.2 Å². The normalized spacial score (nSPS) is 10.4. The Hall–Kier alpha value is -2.44.